The number of pyridine rings is 2. The molecule has 1 aromatic carbocycles. The number of anilines is 1. The Bertz CT molecular complexity index is 1280. The van der Waals surface area contributed by atoms with Gasteiger partial charge in [-0.1, -0.05) is 35.9 Å². The Labute approximate surface area is 218 Å². The van der Waals surface area contributed by atoms with Crippen LogP contribution < -0.4 is 4.90 Å². The van der Waals surface area contributed by atoms with Crippen LogP contribution in [-0.4, -0.2) is 34.2 Å². The summed E-state index contributed by atoms with van der Waals surface area (Å²) in [6.07, 6.45) is 2.03. The SMILES string of the molecule is CCOC(=O)[C@H]1C[C@@H]1c1nc(-c2ccc(N(Cc3cccc(C)c3)C(=O)OC(C)(C)C)nc2)ccc1C. The molecule has 0 saturated heterocycles. The summed E-state index contributed by atoms with van der Waals surface area (Å²) >= 11 is 0. The van der Waals surface area contributed by atoms with Gasteiger partial charge in [0.05, 0.1) is 24.8 Å². The van der Waals surface area contributed by atoms with Crippen molar-refractivity contribution >= 4 is 17.9 Å². The first-order chi connectivity index (χ1) is 17.6. The maximum atomic E-state index is 13.1. The van der Waals surface area contributed by atoms with Gasteiger partial charge in [0.15, 0.2) is 0 Å². The quantitative estimate of drug-likeness (QED) is 0.350. The number of carbonyl (C=O) groups is 2. The Morgan fingerprint density at radius 1 is 1.08 bits per heavy atom. The van der Waals surface area contributed by atoms with Crippen LogP contribution in [0.3, 0.4) is 0 Å². The van der Waals surface area contributed by atoms with Gasteiger partial charge in [-0.25, -0.2) is 9.78 Å². The van der Waals surface area contributed by atoms with Gasteiger partial charge in [-0.2, -0.15) is 0 Å². The minimum Gasteiger partial charge on any atom is -0.466 e. The summed E-state index contributed by atoms with van der Waals surface area (Å²) in [5, 5.41) is 0. The molecular weight excluding hydrogens is 466 g/mol. The van der Waals surface area contributed by atoms with Gasteiger partial charge in [-0.15, -0.1) is 0 Å². The first kappa shape index (κ1) is 26.3. The highest BCUT2D eigenvalue weighted by Gasteiger charge is 2.46. The summed E-state index contributed by atoms with van der Waals surface area (Å²) in [4.78, 5) is 36.3. The van der Waals surface area contributed by atoms with Crippen molar-refractivity contribution in [3.63, 3.8) is 0 Å². The smallest absolute Gasteiger partial charge is 0.416 e. The normalized spacial score (nSPS) is 16.7. The molecule has 3 aromatic rings. The van der Waals surface area contributed by atoms with Crippen molar-refractivity contribution in [1.82, 2.24) is 9.97 Å². The van der Waals surface area contributed by atoms with E-state index in [-0.39, 0.29) is 17.8 Å². The number of hydrogen-bond acceptors (Lipinski definition) is 6. The Morgan fingerprint density at radius 3 is 2.51 bits per heavy atom. The maximum Gasteiger partial charge on any atom is 0.416 e. The molecule has 2 heterocycles. The van der Waals surface area contributed by atoms with E-state index in [2.05, 4.69) is 4.98 Å². The highest BCUT2D eigenvalue weighted by Crippen LogP contribution is 2.48. The number of aryl methyl sites for hydroxylation is 2. The minimum atomic E-state index is -0.631. The highest BCUT2D eigenvalue weighted by molar-refractivity contribution is 5.87. The molecule has 1 fully saturated rings. The standard InChI is InChI=1S/C30H35N3O4/c1-7-36-28(34)24-16-23(24)27-20(3)11-13-25(32-27)22-12-14-26(31-17-22)33(29(35)37-30(4,5)6)18-21-10-8-9-19(2)15-21/h8-15,17,23-24H,7,16,18H2,1-6H3/t23-,24-/m0/s1. The van der Waals surface area contributed by atoms with E-state index in [9.17, 15) is 9.59 Å². The van der Waals surface area contributed by atoms with Crippen molar-refractivity contribution in [2.45, 2.75) is 66.0 Å². The molecule has 7 heteroatoms. The van der Waals surface area contributed by atoms with Crippen molar-refractivity contribution in [2.75, 3.05) is 11.5 Å². The van der Waals surface area contributed by atoms with Crippen molar-refractivity contribution in [3.8, 4) is 11.3 Å². The first-order valence-electron chi connectivity index (χ1n) is 12.7. The first-order valence-corrected chi connectivity index (χ1v) is 12.7. The van der Waals surface area contributed by atoms with Gasteiger partial charge >= 0.3 is 12.1 Å². The lowest BCUT2D eigenvalue weighted by Crippen LogP contribution is -2.37. The lowest BCUT2D eigenvalue weighted by molar-refractivity contribution is -0.144. The van der Waals surface area contributed by atoms with Crippen LogP contribution in [0.15, 0.2) is 54.7 Å². The third kappa shape index (κ3) is 6.53. The molecule has 0 spiro atoms. The van der Waals surface area contributed by atoms with Crippen LogP contribution in [0.25, 0.3) is 11.3 Å². The van der Waals surface area contributed by atoms with E-state index < -0.39 is 11.7 Å². The maximum absolute atomic E-state index is 13.1. The minimum absolute atomic E-state index is 0.0863. The molecule has 2 aromatic heterocycles. The number of aromatic nitrogens is 2. The number of hydrogen-bond donors (Lipinski definition) is 0. The van der Waals surface area contributed by atoms with Gasteiger partial charge in [-0.05, 0) is 77.3 Å². The van der Waals surface area contributed by atoms with Crippen LogP contribution in [0.4, 0.5) is 10.6 Å². The van der Waals surface area contributed by atoms with Crippen LogP contribution in [0.5, 0.6) is 0 Å². The number of esters is 1. The topological polar surface area (TPSA) is 81.6 Å². The molecule has 0 unspecified atom stereocenters. The lowest BCUT2D eigenvalue weighted by Gasteiger charge is -2.27. The summed E-state index contributed by atoms with van der Waals surface area (Å²) in [6.45, 7) is 12.1. The second-order valence-electron chi connectivity index (χ2n) is 10.6. The second-order valence-corrected chi connectivity index (χ2v) is 10.6. The van der Waals surface area contributed by atoms with E-state index in [1.54, 1.807) is 11.1 Å². The number of ether oxygens (including phenoxy) is 2. The number of amides is 1. The van der Waals surface area contributed by atoms with Crippen LogP contribution in [0.1, 0.15) is 62.4 Å². The zero-order valence-electron chi connectivity index (χ0n) is 22.4. The fraction of sp³-hybridized carbons (Fsp3) is 0.400. The average Bonchev–Trinajstić information content (AvgIpc) is 3.63. The summed E-state index contributed by atoms with van der Waals surface area (Å²) in [6, 6.07) is 15.7. The number of carbonyl (C=O) groups excluding carboxylic acids is 2. The van der Waals surface area contributed by atoms with E-state index >= 15 is 0 Å². The predicted molar refractivity (Wildman–Crippen MR) is 143 cm³/mol. The summed E-state index contributed by atoms with van der Waals surface area (Å²) in [5.74, 6) is 0.312. The summed E-state index contributed by atoms with van der Waals surface area (Å²) in [5.41, 5.74) is 5.06. The van der Waals surface area contributed by atoms with E-state index in [0.29, 0.717) is 19.0 Å². The largest absolute Gasteiger partial charge is 0.466 e. The Hall–Kier alpha value is -3.74. The van der Waals surface area contributed by atoms with Crippen LogP contribution in [0.2, 0.25) is 0 Å². The molecule has 7 nitrogen and oxygen atoms in total. The van der Waals surface area contributed by atoms with Crippen LogP contribution in [-0.2, 0) is 20.8 Å². The summed E-state index contributed by atoms with van der Waals surface area (Å²) in [7, 11) is 0. The molecule has 37 heavy (non-hydrogen) atoms. The molecule has 1 amide bonds. The van der Waals surface area contributed by atoms with Gasteiger partial charge < -0.3 is 9.47 Å². The van der Waals surface area contributed by atoms with Crippen molar-refractivity contribution in [3.05, 3.63) is 77.1 Å². The molecular formula is C30H35N3O4. The van der Waals surface area contributed by atoms with E-state index in [0.717, 1.165) is 40.1 Å². The van der Waals surface area contributed by atoms with Gasteiger partial charge in [0, 0.05) is 23.4 Å². The fourth-order valence-electron chi connectivity index (χ4n) is 4.33. The lowest BCUT2D eigenvalue weighted by atomic mass is 10.1. The monoisotopic (exact) mass is 501 g/mol. The highest BCUT2D eigenvalue weighted by atomic mass is 16.6. The summed E-state index contributed by atoms with van der Waals surface area (Å²) < 4.78 is 10.9. The molecule has 1 aliphatic rings. The van der Waals surface area contributed by atoms with Crippen LogP contribution >= 0.6 is 0 Å². The Morgan fingerprint density at radius 2 is 1.86 bits per heavy atom. The molecule has 194 valence electrons. The van der Waals surface area contributed by atoms with Gasteiger partial charge in [0.2, 0.25) is 0 Å². The van der Waals surface area contributed by atoms with E-state index in [1.807, 2.05) is 90.1 Å². The Kier molecular flexibility index (Phi) is 7.62. The average molecular weight is 502 g/mol. The number of nitrogens with zero attached hydrogens (tertiary/aromatic N) is 3. The zero-order valence-corrected chi connectivity index (χ0v) is 22.4. The molecule has 1 saturated carbocycles. The predicted octanol–water partition coefficient (Wildman–Crippen LogP) is 6.37. The third-order valence-corrected chi connectivity index (χ3v) is 6.22. The molecule has 1 aliphatic carbocycles. The molecule has 0 N–H and O–H groups in total. The van der Waals surface area contributed by atoms with Gasteiger partial charge in [0.1, 0.15) is 11.4 Å². The molecule has 0 aliphatic heterocycles. The number of benzene rings is 1. The molecule has 4 rings (SSSR count). The number of rotatable bonds is 7. The molecule has 0 radical (unpaired) electrons. The van der Waals surface area contributed by atoms with Crippen molar-refractivity contribution < 1.29 is 19.1 Å². The van der Waals surface area contributed by atoms with E-state index in [4.69, 9.17) is 14.5 Å². The van der Waals surface area contributed by atoms with E-state index in [1.165, 1.54) is 0 Å². The molecule has 0 bridgehead atoms. The third-order valence-electron chi connectivity index (χ3n) is 6.22. The molecule has 2 atom stereocenters. The zero-order chi connectivity index (χ0) is 26.7. The second kappa shape index (κ2) is 10.7. The van der Waals surface area contributed by atoms with Crippen LogP contribution in [0, 0.1) is 19.8 Å². The van der Waals surface area contributed by atoms with Crippen molar-refractivity contribution in [1.29, 1.82) is 0 Å². The van der Waals surface area contributed by atoms with Gasteiger partial charge in [0.25, 0.3) is 0 Å². The Balaban J connectivity index is 1.58. The fourth-order valence-corrected chi connectivity index (χ4v) is 4.33. The van der Waals surface area contributed by atoms with Crippen molar-refractivity contribution in [2.24, 2.45) is 5.92 Å². The van der Waals surface area contributed by atoms with Gasteiger partial charge in [-0.3, -0.25) is 14.7 Å².